The van der Waals surface area contributed by atoms with Gasteiger partial charge in [0.05, 0.1) is 11.1 Å². The quantitative estimate of drug-likeness (QED) is 0.381. The summed E-state index contributed by atoms with van der Waals surface area (Å²) in [7, 11) is 0. The summed E-state index contributed by atoms with van der Waals surface area (Å²) < 4.78 is 6.60. The normalized spacial score (nSPS) is 25.8. The van der Waals surface area contributed by atoms with Crippen molar-refractivity contribution in [1.82, 2.24) is 0 Å². The molecule has 1 aliphatic heterocycles. The highest BCUT2D eigenvalue weighted by Crippen LogP contribution is 2.57. The molecule has 0 saturated heterocycles. The first-order chi connectivity index (χ1) is 16.6. The van der Waals surface area contributed by atoms with Crippen molar-refractivity contribution in [2.45, 2.75) is 64.9 Å². The Kier molecular flexibility index (Phi) is 6.63. The van der Waals surface area contributed by atoms with Crippen molar-refractivity contribution in [2.24, 2.45) is 11.3 Å². The Morgan fingerprint density at radius 1 is 0.971 bits per heavy atom. The van der Waals surface area contributed by atoms with Gasteiger partial charge >= 0.3 is 0 Å². The van der Waals surface area contributed by atoms with E-state index < -0.39 is 11.4 Å². The minimum atomic E-state index is -0.718. The van der Waals surface area contributed by atoms with E-state index in [0.29, 0.717) is 24.6 Å². The topological polar surface area (TPSA) is 83.8 Å². The molecule has 184 valence electrons. The first-order valence-electron chi connectivity index (χ1n) is 12.2. The number of phenols is 2. The van der Waals surface area contributed by atoms with E-state index >= 15 is 0 Å². The summed E-state index contributed by atoms with van der Waals surface area (Å²) in [5.41, 5.74) is 1.54. The molecule has 1 heterocycles. The number of carbonyl (C=O) groups excluding carboxylic acids is 2. The molecule has 35 heavy (non-hydrogen) atoms. The minimum Gasteiger partial charge on any atom is -0.507 e. The molecule has 0 saturated carbocycles. The van der Waals surface area contributed by atoms with Crippen LogP contribution >= 0.6 is 0 Å². The first-order valence-corrected chi connectivity index (χ1v) is 12.2. The Morgan fingerprint density at radius 2 is 1.66 bits per heavy atom. The summed E-state index contributed by atoms with van der Waals surface area (Å²) in [4.78, 5) is 23.9. The number of hydrogen-bond donors (Lipinski definition) is 2. The summed E-state index contributed by atoms with van der Waals surface area (Å²) in [5, 5.41) is 21.9. The lowest BCUT2D eigenvalue weighted by Gasteiger charge is -2.48. The van der Waals surface area contributed by atoms with Crippen LogP contribution in [0, 0.1) is 11.3 Å². The molecule has 5 nitrogen and oxygen atoms in total. The molecule has 0 spiro atoms. The van der Waals surface area contributed by atoms with Crippen molar-refractivity contribution in [3.05, 3.63) is 76.4 Å². The molecule has 2 N–H and O–H groups in total. The average molecular weight is 475 g/mol. The van der Waals surface area contributed by atoms with Gasteiger partial charge in [-0.05, 0) is 44.1 Å². The second-order valence-corrected chi connectivity index (χ2v) is 10.8. The van der Waals surface area contributed by atoms with Crippen molar-refractivity contribution in [2.75, 3.05) is 0 Å². The number of carbonyl (C=O) groups is 2. The third-order valence-corrected chi connectivity index (χ3v) is 7.66. The zero-order valence-electron chi connectivity index (χ0n) is 20.9. The average Bonchev–Trinajstić information content (AvgIpc) is 2.83. The van der Waals surface area contributed by atoms with E-state index in [0.717, 1.165) is 24.8 Å². The molecule has 5 heteroatoms. The van der Waals surface area contributed by atoms with Crippen molar-refractivity contribution in [1.29, 1.82) is 0 Å². The number of ether oxygens (including phenoxy) is 1. The molecule has 0 aromatic heterocycles. The maximum atomic E-state index is 12.1. The predicted octanol–water partition coefficient (Wildman–Crippen LogP) is 6.72. The molecule has 4 rings (SSSR count). The minimum absolute atomic E-state index is 0.00772. The molecule has 0 fully saturated rings. The standard InChI is InChI=1S/C30H34O5/c1-19-11-12-23-24(20-9-6-5-7-10-20)25-27(34)21(17-31)26(33)22(18-32)28(25)35-30(23,4)15-8-14-29(2,3)16-13-19/h5-10,13-14,17-18,23-24,33-34H,11-12,15-16H2,1-4H3/t23-,24?,30+/m1/s1. The lowest BCUT2D eigenvalue weighted by molar-refractivity contribution is -0.00275. The summed E-state index contributed by atoms with van der Waals surface area (Å²) >= 11 is 0. The van der Waals surface area contributed by atoms with E-state index in [4.69, 9.17) is 4.74 Å². The highest BCUT2D eigenvalue weighted by molar-refractivity contribution is 5.95. The van der Waals surface area contributed by atoms with Crippen LogP contribution in [-0.4, -0.2) is 28.4 Å². The van der Waals surface area contributed by atoms with E-state index in [2.05, 4.69) is 39.0 Å². The van der Waals surface area contributed by atoms with Gasteiger partial charge in [-0.1, -0.05) is 68.0 Å². The van der Waals surface area contributed by atoms with Gasteiger partial charge in [0.1, 0.15) is 22.8 Å². The molecule has 2 aromatic rings. The number of phenolic OH excluding ortho intramolecular Hbond substituents is 2. The van der Waals surface area contributed by atoms with Crippen LogP contribution in [-0.2, 0) is 0 Å². The molecule has 2 aromatic carbocycles. The maximum absolute atomic E-state index is 12.1. The Balaban J connectivity index is 2.01. The zero-order chi connectivity index (χ0) is 25.4. The molecular formula is C30H34O5. The largest absolute Gasteiger partial charge is 0.507 e. The van der Waals surface area contributed by atoms with Gasteiger partial charge in [-0.2, -0.15) is 0 Å². The Bertz CT molecular complexity index is 1190. The molecule has 0 amide bonds. The van der Waals surface area contributed by atoms with Gasteiger partial charge in [-0.3, -0.25) is 9.59 Å². The second kappa shape index (κ2) is 9.37. The number of fused-ring (bicyclic) bond motifs is 2. The van der Waals surface area contributed by atoms with Crippen LogP contribution < -0.4 is 4.74 Å². The van der Waals surface area contributed by atoms with Crippen molar-refractivity contribution < 1.29 is 24.5 Å². The Hall–Kier alpha value is -3.34. The highest BCUT2D eigenvalue weighted by Gasteiger charge is 2.49. The monoisotopic (exact) mass is 474 g/mol. The number of benzene rings is 2. The van der Waals surface area contributed by atoms with Crippen molar-refractivity contribution >= 4 is 12.6 Å². The van der Waals surface area contributed by atoms with Gasteiger partial charge in [-0.15, -0.1) is 0 Å². The van der Waals surface area contributed by atoms with Crippen LogP contribution in [0.2, 0.25) is 0 Å². The summed E-state index contributed by atoms with van der Waals surface area (Å²) in [6.07, 6.45) is 10.7. The number of aromatic hydroxyl groups is 2. The van der Waals surface area contributed by atoms with E-state index in [-0.39, 0.29) is 39.9 Å². The number of hydrogen-bond acceptors (Lipinski definition) is 5. The summed E-state index contributed by atoms with van der Waals surface area (Å²) in [6, 6.07) is 9.82. The van der Waals surface area contributed by atoms with Crippen LogP contribution in [0.15, 0.2) is 54.1 Å². The molecule has 0 radical (unpaired) electrons. The lowest BCUT2D eigenvalue weighted by atomic mass is 9.66. The van der Waals surface area contributed by atoms with Crippen LogP contribution in [0.3, 0.4) is 0 Å². The number of allylic oxidation sites excluding steroid dienone is 3. The lowest BCUT2D eigenvalue weighted by Crippen LogP contribution is -2.47. The third-order valence-electron chi connectivity index (χ3n) is 7.66. The van der Waals surface area contributed by atoms with Crippen LogP contribution in [0.25, 0.3) is 0 Å². The van der Waals surface area contributed by atoms with Crippen LogP contribution in [0.1, 0.15) is 91.1 Å². The van der Waals surface area contributed by atoms with Gasteiger partial charge in [0, 0.05) is 23.8 Å². The molecule has 3 atom stereocenters. The van der Waals surface area contributed by atoms with Gasteiger partial charge in [0.15, 0.2) is 12.6 Å². The SMILES string of the molecule is CC1=CCC(C)(C)C=CC[C@]2(C)Oc3c(C=O)c(O)c(C=O)c(O)c3C(c3ccccc3)[C@H]2CC1. The van der Waals surface area contributed by atoms with Gasteiger partial charge in [0.25, 0.3) is 0 Å². The summed E-state index contributed by atoms with van der Waals surface area (Å²) in [6.45, 7) is 8.60. The molecule has 1 unspecified atom stereocenters. The third kappa shape index (κ3) is 4.52. The fourth-order valence-corrected chi connectivity index (χ4v) is 5.57. The van der Waals surface area contributed by atoms with Gasteiger partial charge in [-0.25, -0.2) is 0 Å². The molecule has 2 aliphatic rings. The Morgan fingerprint density at radius 3 is 2.31 bits per heavy atom. The van der Waals surface area contributed by atoms with Crippen molar-refractivity contribution in [3.8, 4) is 17.2 Å². The number of aldehydes is 2. The number of rotatable bonds is 3. The van der Waals surface area contributed by atoms with E-state index in [1.807, 2.05) is 37.3 Å². The maximum Gasteiger partial charge on any atom is 0.157 e. The fraction of sp³-hybridized carbons (Fsp3) is 0.400. The van der Waals surface area contributed by atoms with E-state index in [1.165, 1.54) is 5.57 Å². The molecule has 1 aliphatic carbocycles. The van der Waals surface area contributed by atoms with Crippen molar-refractivity contribution in [3.63, 3.8) is 0 Å². The summed E-state index contributed by atoms with van der Waals surface area (Å²) in [5.74, 6) is -1.12. The smallest absolute Gasteiger partial charge is 0.157 e. The Labute approximate surface area is 207 Å². The van der Waals surface area contributed by atoms with Crippen LogP contribution in [0.5, 0.6) is 17.2 Å². The highest BCUT2D eigenvalue weighted by atomic mass is 16.5. The van der Waals surface area contributed by atoms with Gasteiger partial charge in [0.2, 0.25) is 0 Å². The zero-order valence-corrected chi connectivity index (χ0v) is 20.9. The first kappa shape index (κ1) is 24.8. The second-order valence-electron chi connectivity index (χ2n) is 10.8. The fourth-order valence-electron chi connectivity index (χ4n) is 5.57. The molecule has 0 bridgehead atoms. The van der Waals surface area contributed by atoms with Crippen LogP contribution in [0.4, 0.5) is 0 Å². The van der Waals surface area contributed by atoms with Gasteiger partial charge < -0.3 is 14.9 Å². The predicted molar refractivity (Wildman–Crippen MR) is 137 cm³/mol. The van der Waals surface area contributed by atoms with E-state index in [1.54, 1.807) is 0 Å². The van der Waals surface area contributed by atoms with E-state index in [9.17, 15) is 19.8 Å². The molecular weight excluding hydrogens is 440 g/mol.